The summed E-state index contributed by atoms with van der Waals surface area (Å²) < 4.78 is 5.24. The van der Waals surface area contributed by atoms with Crippen LogP contribution in [-0.2, 0) is 9.53 Å². The van der Waals surface area contributed by atoms with Crippen LogP contribution in [0.1, 0.15) is 19.8 Å². The van der Waals surface area contributed by atoms with Crippen molar-refractivity contribution >= 4 is 18.3 Å². The summed E-state index contributed by atoms with van der Waals surface area (Å²) in [7, 11) is 0. The van der Waals surface area contributed by atoms with Crippen LogP contribution in [0, 0.1) is 11.8 Å². The summed E-state index contributed by atoms with van der Waals surface area (Å²) in [5, 5.41) is 2.93. The van der Waals surface area contributed by atoms with Crippen molar-refractivity contribution in [2.75, 3.05) is 26.3 Å². The molecule has 0 aromatic heterocycles. The van der Waals surface area contributed by atoms with E-state index in [0.717, 1.165) is 32.6 Å². The van der Waals surface area contributed by atoms with Crippen LogP contribution in [0.15, 0.2) is 0 Å². The van der Waals surface area contributed by atoms with E-state index in [9.17, 15) is 4.79 Å². The zero-order valence-electron chi connectivity index (χ0n) is 9.20. The Bertz CT molecular complexity index is 184. The Morgan fingerprint density at radius 3 is 2.67 bits per heavy atom. The molecule has 1 saturated heterocycles. The van der Waals surface area contributed by atoms with Gasteiger partial charge in [-0.05, 0) is 18.8 Å². The SMILES string of the molecule is CC(CN)C(=O)NCC1CCOCC1.Cl. The molecule has 0 aliphatic carbocycles. The summed E-state index contributed by atoms with van der Waals surface area (Å²) in [5.74, 6) is 0.575. The number of halogens is 1. The van der Waals surface area contributed by atoms with E-state index < -0.39 is 0 Å². The van der Waals surface area contributed by atoms with Gasteiger partial charge in [0.05, 0.1) is 0 Å². The van der Waals surface area contributed by atoms with Gasteiger partial charge < -0.3 is 15.8 Å². The highest BCUT2D eigenvalue weighted by molar-refractivity contribution is 5.85. The van der Waals surface area contributed by atoms with Crippen molar-refractivity contribution in [3.63, 3.8) is 0 Å². The van der Waals surface area contributed by atoms with Gasteiger partial charge in [0.1, 0.15) is 0 Å². The molecule has 1 amide bonds. The van der Waals surface area contributed by atoms with Crippen molar-refractivity contribution in [1.29, 1.82) is 0 Å². The van der Waals surface area contributed by atoms with Gasteiger partial charge in [0, 0.05) is 32.2 Å². The van der Waals surface area contributed by atoms with E-state index in [-0.39, 0.29) is 24.2 Å². The van der Waals surface area contributed by atoms with Gasteiger partial charge in [-0.3, -0.25) is 4.79 Å². The fourth-order valence-electron chi connectivity index (χ4n) is 1.48. The van der Waals surface area contributed by atoms with Gasteiger partial charge in [-0.25, -0.2) is 0 Å². The third-order valence-electron chi connectivity index (χ3n) is 2.71. The van der Waals surface area contributed by atoms with Crippen LogP contribution in [0.4, 0.5) is 0 Å². The third-order valence-corrected chi connectivity index (χ3v) is 2.71. The Morgan fingerprint density at radius 1 is 1.53 bits per heavy atom. The predicted molar refractivity (Wildman–Crippen MR) is 62.0 cm³/mol. The molecule has 1 fully saturated rings. The summed E-state index contributed by atoms with van der Waals surface area (Å²) in [6, 6.07) is 0. The zero-order valence-corrected chi connectivity index (χ0v) is 10.0. The van der Waals surface area contributed by atoms with Gasteiger partial charge in [-0.1, -0.05) is 6.92 Å². The van der Waals surface area contributed by atoms with Gasteiger partial charge in [0.2, 0.25) is 5.91 Å². The summed E-state index contributed by atoms with van der Waals surface area (Å²) in [6.07, 6.45) is 2.11. The highest BCUT2D eigenvalue weighted by Crippen LogP contribution is 2.13. The number of rotatable bonds is 4. The summed E-state index contributed by atoms with van der Waals surface area (Å²) in [5.41, 5.74) is 5.40. The standard InChI is InChI=1S/C10H20N2O2.ClH/c1-8(6-11)10(13)12-7-9-2-4-14-5-3-9;/h8-9H,2-7,11H2,1H3,(H,12,13);1H. The molecular formula is C10H21ClN2O2. The van der Waals surface area contributed by atoms with Crippen molar-refractivity contribution in [1.82, 2.24) is 5.32 Å². The number of nitrogens with two attached hydrogens (primary N) is 1. The number of ether oxygens (including phenoxy) is 1. The van der Waals surface area contributed by atoms with Crippen molar-refractivity contribution in [3.05, 3.63) is 0 Å². The van der Waals surface area contributed by atoms with E-state index in [0.29, 0.717) is 12.5 Å². The first-order valence-corrected chi connectivity index (χ1v) is 5.29. The van der Waals surface area contributed by atoms with E-state index in [4.69, 9.17) is 10.5 Å². The molecule has 1 atom stereocenters. The fourth-order valence-corrected chi connectivity index (χ4v) is 1.48. The third kappa shape index (κ3) is 5.35. The average Bonchev–Trinajstić information content (AvgIpc) is 2.26. The molecule has 5 heteroatoms. The van der Waals surface area contributed by atoms with Crippen molar-refractivity contribution in [2.24, 2.45) is 17.6 Å². The first-order valence-electron chi connectivity index (χ1n) is 5.29. The van der Waals surface area contributed by atoms with Crippen molar-refractivity contribution < 1.29 is 9.53 Å². The maximum Gasteiger partial charge on any atom is 0.224 e. The summed E-state index contributed by atoms with van der Waals surface area (Å²) in [4.78, 5) is 11.4. The fraction of sp³-hybridized carbons (Fsp3) is 0.900. The van der Waals surface area contributed by atoms with E-state index in [1.165, 1.54) is 0 Å². The minimum absolute atomic E-state index is 0. The number of amides is 1. The lowest BCUT2D eigenvalue weighted by Gasteiger charge is -2.22. The molecule has 0 saturated carbocycles. The molecule has 90 valence electrons. The molecule has 15 heavy (non-hydrogen) atoms. The van der Waals surface area contributed by atoms with E-state index in [1.54, 1.807) is 0 Å². The lowest BCUT2D eigenvalue weighted by Crippen LogP contribution is -2.37. The maximum absolute atomic E-state index is 11.4. The molecule has 1 heterocycles. The lowest BCUT2D eigenvalue weighted by molar-refractivity contribution is -0.124. The molecule has 3 N–H and O–H groups in total. The van der Waals surface area contributed by atoms with Gasteiger partial charge in [0.25, 0.3) is 0 Å². The Labute approximate surface area is 97.3 Å². The molecule has 1 aliphatic heterocycles. The molecular weight excluding hydrogens is 216 g/mol. The van der Waals surface area contributed by atoms with Crippen LogP contribution in [0.2, 0.25) is 0 Å². The smallest absolute Gasteiger partial charge is 0.224 e. The Hall–Kier alpha value is -0.320. The number of carbonyl (C=O) groups excluding carboxylic acids is 1. The number of hydrogen-bond donors (Lipinski definition) is 2. The average molecular weight is 237 g/mol. The quantitative estimate of drug-likeness (QED) is 0.749. The van der Waals surface area contributed by atoms with Gasteiger partial charge in [-0.15, -0.1) is 12.4 Å². The zero-order chi connectivity index (χ0) is 10.4. The summed E-state index contributed by atoms with van der Waals surface area (Å²) in [6.45, 7) is 4.69. The second-order valence-corrected chi connectivity index (χ2v) is 3.94. The number of hydrogen-bond acceptors (Lipinski definition) is 3. The van der Waals surface area contributed by atoms with Gasteiger partial charge in [-0.2, -0.15) is 0 Å². The van der Waals surface area contributed by atoms with Crippen LogP contribution in [0.5, 0.6) is 0 Å². The maximum atomic E-state index is 11.4. The largest absolute Gasteiger partial charge is 0.381 e. The molecule has 1 rings (SSSR count). The normalized spacial score (nSPS) is 19.1. The second kappa shape index (κ2) is 7.91. The lowest BCUT2D eigenvalue weighted by atomic mass is 10.00. The molecule has 0 aromatic rings. The Balaban J connectivity index is 0.00000196. The van der Waals surface area contributed by atoms with E-state index in [2.05, 4.69) is 5.32 Å². The minimum atomic E-state index is -0.0742. The molecule has 1 aliphatic rings. The topological polar surface area (TPSA) is 64.4 Å². The monoisotopic (exact) mass is 236 g/mol. The van der Waals surface area contributed by atoms with Crippen LogP contribution in [0.3, 0.4) is 0 Å². The first kappa shape index (κ1) is 14.7. The van der Waals surface area contributed by atoms with Crippen LogP contribution < -0.4 is 11.1 Å². The Morgan fingerprint density at radius 2 is 2.13 bits per heavy atom. The molecule has 0 radical (unpaired) electrons. The highest BCUT2D eigenvalue weighted by atomic mass is 35.5. The predicted octanol–water partition coefficient (Wildman–Crippen LogP) is 0.546. The van der Waals surface area contributed by atoms with Crippen molar-refractivity contribution in [3.8, 4) is 0 Å². The van der Waals surface area contributed by atoms with Gasteiger partial charge >= 0.3 is 0 Å². The molecule has 0 aromatic carbocycles. The minimum Gasteiger partial charge on any atom is -0.381 e. The number of nitrogens with one attached hydrogen (secondary N) is 1. The van der Waals surface area contributed by atoms with Crippen LogP contribution in [0.25, 0.3) is 0 Å². The molecule has 4 nitrogen and oxygen atoms in total. The first-order chi connectivity index (χ1) is 6.74. The highest BCUT2D eigenvalue weighted by Gasteiger charge is 2.16. The van der Waals surface area contributed by atoms with Crippen molar-refractivity contribution in [2.45, 2.75) is 19.8 Å². The molecule has 1 unspecified atom stereocenters. The molecule has 0 spiro atoms. The van der Waals surface area contributed by atoms with Gasteiger partial charge in [0.15, 0.2) is 0 Å². The summed E-state index contributed by atoms with van der Waals surface area (Å²) >= 11 is 0. The van der Waals surface area contributed by atoms with Crippen LogP contribution in [-0.4, -0.2) is 32.2 Å². The Kier molecular flexibility index (Phi) is 7.74. The molecule has 0 bridgehead atoms. The van der Waals surface area contributed by atoms with Crippen LogP contribution >= 0.6 is 12.4 Å². The van der Waals surface area contributed by atoms with E-state index in [1.807, 2.05) is 6.92 Å². The van der Waals surface area contributed by atoms with E-state index >= 15 is 0 Å². The number of carbonyl (C=O) groups is 1. The second-order valence-electron chi connectivity index (χ2n) is 3.94.